The van der Waals surface area contributed by atoms with Gasteiger partial charge in [0, 0.05) is 25.2 Å². The quantitative estimate of drug-likeness (QED) is 0.407. The second-order valence-electron chi connectivity index (χ2n) is 6.31. The molecular weight excluding hydrogens is 344 g/mol. The van der Waals surface area contributed by atoms with Gasteiger partial charge in [0.05, 0.1) is 0 Å². The fraction of sp³-hybridized carbons (Fsp3) is 0.0952. The van der Waals surface area contributed by atoms with E-state index in [-0.39, 0.29) is 17.2 Å². The Balaban J connectivity index is 1.71. The first kappa shape index (κ1) is 16.8. The summed E-state index contributed by atoms with van der Waals surface area (Å²) in [6, 6.07) is 16.4. The molecule has 6 heteroatoms. The van der Waals surface area contributed by atoms with Crippen LogP contribution in [-0.4, -0.2) is 26.0 Å². The van der Waals surface area contributed by atoms with Gasteiger partial charge in [0.1, 0.15) is 11.1 Å². The normalized spacial score (nSPS) is 15.1. The SMILES string of the molecule is CN(C)c1ccc(/C=C2\N=C(c3cc4ccccc4oc3=O)OC2=O)cc1. The molecule has 2 heterocycles. The number of para-hydroxylation sites is 1. The van der Waals surface area contributed by atoms with Gasteiger partial charge >= 0.3 is 11.6 Å². The first-order valence-corrected chi connectivity index (χ1v) is 8.34. The van der Waals surface area contributed by atoms with Gasteiger partial charge < -0.3 is 14.1 Å². The zero-order valence-corrected chi connectivity index (χ0v) is 14.8. The van der Waals surface area contributed by atoms with E-state index in [4.69, 9.17) is 9.15 Å². The van der Waals surface area contributed by atoms with E-state index in [9.17, 15) is 9.59 Å². The van der Waals surface area contributed by atoms with Crippen LogP contribution in [-0.2, 0) is 9.53 Å². The third-order valence-electron chi connectivity index (χ3n) is 4.21. The molecule has 0 spiro atoms. The van der Waals surface area contributed by atoms with Crippen molar-refractivity contribution < 1.29 is 13.9 Å². The Labute approximate surface area is 155 Å². The minimum atomic E-state index is -0.603. The molecule has 0 radical (unpaired) electrons. The number of hydrogen-bond acceptors (Lipinski definition) is 6. The molecule has 1 aromatic heterocycles. The summed E-state index contributed by atoms with van der Waals surface area (Å²) < 4.78 is 10.5. The number of fused-ring (bicyclic) bond motifs is 1. The first-order chi connectivity index (χ1) is 13.0. The van der Waals surface area contributed by atoms with Crippen molar-refractivity contribution in [1.82, 2.24) is 0 Å². The lowest BCUT2D eigenvalue weighted by atomic mass is 10.1. The molecule has 4 rings (SSSR count). The van der Waals surface area contributed by atoms with Crippen LogP contribution < -0.4 is 10.5 Å². The summed E-state index contributed by atoms with van der Waals surface area (Å²) in [5.41, 5.74) is 1.97. The van der Waals surface area contributed by atoms with E-state index >= 15 is 0 Å². The van der Waals surface area contributed by atoms with Gasteiger partial charge in [0.15, 0.2) is 5.70 Å². The largest absolute Gasteiger partial charge is 0.422 e. The molecule has 2 aromatic carbocycles. The Bertz CT molecular complexity index is 1150. The Kier molecular flexibility index (Phi) is 4.08. The van der Waals surface area contributed by atoms with Gasteiger partial charge in [0.2, 0.25) is 5.90 Å². The van der Waals surface area contributed by atoms with Crippen molar-refractivity contribution in [3.63, 3.8) is 0 Å². The molecule has 0 aliphatic carbocycles. The van der Waals surface area contributed by atoms with E-state index in [1.54, 1.807) is 24.3 Å². The van der Waals surface area contributed by atoms with Crippen LogP contribution in [0.4, 0.5) is 5.69 Å². The highest BCUT2D eigenvalue weighted by Gasteiger charge is 2.26. The first-order valence-electron chi connectivity index (χ1n) is 8.34. The number of carbonyl (C=O) groups is 1. The van der Waals surface area contributed by atoms with E-state index in [0.29, 0.717) is 5.58 Å². The van der Waals surface area contributed by atoms with Crippen molar-refractivity contribution >= 4 is 34.6 Å². The van der Waals surface area contributed by atoms with E-state index in [1.165, 1.54) is 0 Å². The van der Waals surface area contributed by atoms with Gasteiger partial charge in [-0.3, -0.25) is 0 Å². The summed E-state index contributed by atoms with van der Waals surface area (Å²) in [6.45, 7) is 0. The van der Waals surface area contributed by atoms with Crippen LogP contribution in [0.5, 0.6) is 0 Å². The lowest BCUT2D eigenvalue weighted by molar-refractivity contribution is -0.129. The summed E-state index contributed by atoms with van der Waals surface area (Å²) in [4.78, 5) is 30.6. The number of aliphatic imine (C=N–C) groups is 1. The molecule has 0 saturated carbocycles. The van der Waals surface area contributed by atoms with Gasteiger partial charge in [-0.15, -0.1) is 0 Å². The summed E-state index contributed by atoms with van der Waals surface area (Å²) in [7, 11) is 3.90. The standard InChI is InChI=1S/C21H16N2O4/c1-23(2)15-9-7-13(8-10-15)11-17-21(25)27-19(22-17)16-12-14-5-3-4-6-18(14)26-20(16)24/h3-12H,1-2H3/b17-11-. The minimum Gasteiger partial charge on any atom is -0.422 e. The van der Waals surface area contributed by atoms with E-state index in [2.05, 4.69) is 4.99 Å². The molecule has 134 valence electrons. The molecule has 6 nitrogen and oxygen atoms in total. The molecule has 3 aromatic rings. The molecule has 0 bridgehead atoms. The number of benzene rings is 2. The van der Waals surface area contributed by atoms with Gasteiger partial charge in [-0.05, 0) is 35.9 Å². The summed E-state index contributed by atoms with van der Waals surface area (Å²) in [6.07, 6.45) is 1.62. The van der Waals surface area contributed by atoms with Crippen molar-refractivity contribution in [2.45, 2.75) is 0 Å². The lowest BCUT2D eigenvalue weighted by Crippen LogP contribution is -2.16. The summed E-state index contributed by atoms with van der Waals surface area (Å²) in [5, 5.41) is 0.725. The number of anilines is 1. The number of carbonyl (C=O) groups excluding carboxylic acids is 1. The molecule has 0 fully saturated rings. The molecule has 27 heavy (non-hydrogen) atoms. The molecule has 0 amide bonds. The fourth-order valence-electron chi connectivity index (χ4n) is 2.76. The van der Waals surface area contributed by atoms with Crippen LogP contribution >= 0.6 is 0 Å². The molecular formula is C21H16N2O4. The van der Waals surface area contributed by atoms with Crippen LogP contribution in [0.15, 0.2) is 74.5 Å². The number of esters is 1. The molecule has 0 atom stereocenters. The van der Waals surface area contributed by atoms with Crippen molar-refractivity contribution in [3.05, 3.63) is 81.8 Å². The predicted molar refractivity (Wildman–Crippen MR) is 104 cm³/mol. The monoisotopic (exact) mass is 360 g/mol. The third-order valence-corrected chi connectivity index (χ3v) is 4.21. The maximum Gasteiger partial charge on any atom is 0.363 e. The highest BCUT2D eigenvalue weighted by atomic mass is 16.6. The molecule has 1 aliphatic heterocycles. The van der Waals surface area contributed by atoms with Crippen LogP contribution in [0, 0.1) is 0 Å². The highest BCUT2D eigenvalue weighted by molar-refractivity contribution is 6.13. The zero-order valence-electron chi connectivity index (χ0n) is 14.8. The second-order valence-corrected chi connectivity index (χ2v) is 6.31. The van der Waals surface area contributed by atoms with E-state index in [0.717, 1.165) is 16.6 Å². The second kappa shape index (κ2) is 6.57. The zero-order chi connectivity index (χ0) is 19.0. The average molecular weight is 360 g/mol. The number of rotatable bonds is 3. The molecule has 0 saturated heterocycles. The van der Waals surface area contributed by atoms with Gasteiger partial charge in [-0.1, -0.05) is 30.3 Å². The molecule has 0 N–H and O–H groups in total. The Morgan fingerprint density at radius 2 is 1.74 bits per heavy atom. The highest BCUT2D eigenvalue weighted by Crippen LogP contribution is 2.21. The lowest BCUT2D eigenvalue weighted by Gasteiger charge is -2.11. The smallest absolute Gasteiger partial charge is 0.363 e. The van der Waals surface area contributed by atoms with Gasteiger partial charge in [-0.25, -0.2) is 14.6 Å². The van der Waals surface area contributed by atoms with Gasteiger partial charge in [0.25, 0.3) is 0 Å². The summed E-state index contributed by atoms with van der Waals surface area (Å²) >= 11 is 0. The van der Waals surface area contributed by atoms with Crippen molar-refractivity contribution in [1.29, 1.82) is 0 Å². The van der Waals surface area contributed by atoms with Crippen LogP contribution in [0.25, 0.3) is 17.0 Å². The molecule has 0 unspecified atom stereocenters. The predicted octanol–water partition coefficient (Wildman–Crippen LogP) is 3.20. The van der Waals surface area contributed by atoms with E-state index in [1.807, 2.05) is 55.4 Å². The Morgan fingerprint density at radius 1 is 1.00 bits per heavy atom. The number of nitrogens with zero attached hydrogens (tertiary/aromatic N) is 2. The van der Waals surface area contributed by atoms with Crippen LogP contribution in [0.3, 0.4) is 0 Å². The fourth-order valence-corrected chi connectivity index (χ4v) is 2.76. The van der Waals surface area contributed by atoms with Gasteiger partial charge in [-0.2, -0.15) is 0 Å². The maximum atomic E-state index is 12.2. The van der Waals surface area contributed by atoms with Crippen molar-refractivity contribution in [2.24, 2.45) is 4.99 Å². The van der Waals surface area contributed by atoms with Crippen LogP contribution in [0.1, 0.15) is 11.1 Å². The maximum absolute atomic E-state index is 12.2. The summed E-state index contributed by atoms with van der Waals surface area (Å²) in [5.74, 6) is -0.648. The topological polar surface area (TPSA) is 72.1 Å². The number of cyclic esters (lactones) is 1. The third kappa shape index (κ3) is 3.25. The number of ether oxygens (including phenoxy) is 1. The molecule has 1 aliphatic rings. The van der Waals surface area contributed by atoms with Crippen molar-refractivity contribution in [2.75, 3.05) is 19.0 Å². The number of hydrogen-bond donors (Lipinski definition) is 0. The Hall–Kier alpha value is -3.67. The van der Waals surface area contributed by atoms with Crippen LogP contribution in [0.2, 0.25) is 0 Å². The van der Waals surface area contributed by atoms with Crippen molar-refractivity contribution in [3.8, 4) is 0 Å². The average Bonchev–Trinajstić information content (AvgIpc) is 3.02. The Morgan fingerprint density at radius 3 is 2.48 bits per heavy atom. The minimum absolute atomic E-state index is 0.0457. The van der Waals surface area contributed by atoms with E-state index < -0.39 is 11.6 Å².